The average Bonchev–Trinajstić information content (AvgIpc) is 3.70. The van der Waals surface area contributed by atoms with Gasteiger partial charge in [0.2, 0.25) is 0 Å². The lowest BCUT2D eigenvalue weighted by Gasteiger charge is -2.31. The maximum Gasteiger partial charge on any atom is 0.0991 e. The molecule has 51 heavy (non-hydrogen) atoms. The summed E-state index contributed by atoms with van der Waals surface area (Å²) < 4.78 is 4.80. The van der Waals surface area contributed by atoms with E-state index in [1.165, 1.54) is 33.8 Å². The molecule has 5 aromatic rings. The number of nitrogens with zero attached hydrogens (tertiary/aromatic N) is 5. The van der Waals surface area contributed by atoms with Gasteiger partial charge in [0.05, 0.1) is 40.7 Å². The zero-order valence-corrected chi connectivity index (χ0v) is 28.7. The van der Waals surface area contributed by atoms with E-state index in [2.05, 4.69) is 113 Å². The highest BCUT2D eigenvalue weighted by Gasteiger charge is 2.32. The van der Waals surface area contributed by atoms with Crippen LogP contribution in [0.5, 0.6) is 0 Å². The van der Waals surface area contributed by atoms with Crippen LogP contribution in [0, 0.1) is 45.8 Å². The van der Waals surface area contributed by atoms with Crippen LogP contribution in [0.4, 0.5) is 0 Å². The molecular formula is C46H37N5. The van der Waals surface area contributed by atoms with Crippen molar-refractivity contribution < 1.29 is 0 Å². The van der Waals surface area contributed by atoms with Crippen LogP contribution in [0.1, 0.15) is 84.2 Å². The van der Waals surface area contributed by atoms with Crippen LogP contribution in [0.3, 0.4) is 0 Å². The smallest absolute Gasteiger partial charge is 0.0991 e. The normalized spacial score (nSPS) is 21.0. The van der Waals surface area contributed by atoms with E-state index in [9.17, 15) is 15.8 Å². The molecule has 9 rings (SSSR count). The van der Waals surface area contributed by atoms with Crippen molar-refractivity contribution in [3.63, 3.8) is 0 Å². The van der Waals surface area contributed by atoms with E-state index >= 15 is 0 Å². The van der Waals surface area contributed by atoms with E-state index in [0.29, 0.717) is 12.0 Å². The summed E-state index contributed by atoms with van der Waals surface area (Å²) in [4.78, 5) is 0. The Labute approximate surface area is 298 Å². The van der Waals surface area contributed by atoms with Crippen molar-refractivity contribution >= 4 is 50.9 Å². The van der Waals surface area contributed by atoms with Crippen molar-refractivity contribution in [1.29, 1.82) is 15.8 Å². The Bertz CT molecular complexity index is 2520. The minimum absolute atomic E-state index is 0.0373. The first kappa shape index (κ1) is 30.9. The fourth-order valence-electron chi connectivity index (χ4n) is 9.28. The molecule has 4 aliphatic carbocycles. The SMILES string of the molecule is C[C@@H]1C[C@H](C#N)CC(n2c3ccccc3c3cc(C#N)ccc32)=C1c1ccc(C2CC(n3c4c(c5c3C=CCC5)CCC=C4)=CC=C2C#N)cc1. The molecule has 0 spiro atoms. The first-order chi connectivity index (χ1) is 25.1. The molecule has 0 amide bonds. The molecule has 0 saturated carbocycles. The average molecular weight is 660 g/mol. The number of para-hydroxylation sites is 1. The van der Waals surface area contributed by atoms with E-state index < -0.39 is 0 Å². The molecule has 5 nitrogen and oxygen atoms in total. The third kappa shape index (κ3) is 4.94. The Morgan fingerprint density at radius 3 is 2.16 bits per heavy atom. The van der Waals surface area contributed by atoms with Crippen molar-refractivity contribution in [1.82, 2.24) is 9.13 Å². The molecule has 0 N–H and O–H groups in total. The molecule has 3 aromatic carbocycles. The largest absolute Gasteiger partial charge is 0.314 e. The quantitative estimate of drug-likeness (QED) is 0.192. The van der Waals surface area contributed by atoms with Gasteiger partial charge in [0.25, 0.3) is 0 Å². The number of aromatic nitrogens is 2. The summed E-state index contributed by atoms with van der Waals surface area (Å²) in [7, 11) is 0. The monoisotopic (exact) mass is 659 g/mol. The zero-order valence-electron chi connectivity index (χ0n) is 28.7. The summed E-state index contributed by atoms with van der Waals surface area (Å²) in [6, 6.07) is 30.6. The van der Waals surface area contributed by atoms with Gasteiger partial charge in [0.1, 0.15) is 0 Å². The summed E-state index contributed by atoms with van der Waals surface area (Å²) >= 11 is 0. The molecule has 1 unspecified atom stereocenters. The highest BCUT2D eigenvalue weighted by Crippen LogP contribution is 2.46. The van der Waals surface area contributed by atoms with Gasteiger partial charge in [-0.2, -0.15) is 15.8 Å². The maximum atomic E-state index is 10.3. The van der Waals surface area contributed by atoms with Crippen molar-refractivity contribution in [3.05, 3.63) is 136 Å². The maximum absolute atomic E-state index is 10.3. The van der Waals surface area contributed by atoms with Crippen LogP contribution in [0.15, 0.2) is 96.6 Å². The van der Waals surface area contributed by atoms with Gasteiger partial charge in [-0.05, 0) is 121 Å². The van der Waals surface area contributed by atoms with Crippen molar-refractivity contribution in [2.24, 2.45) is 11.8 Å². The number of benzene rings is 3. The van der Waals surface area contributed by atoms with Crippen LogP contribution in [0.25, 0.3) is 50.9 Å². The van der Waals surface area contributed by atoms with Gasteiger partial charge in [-0.3, -0.25) is 0 Å². The van der Waals surface area contributed by atoms with Crippen molar-refractivity contribution in [2.75, 3.05) is 0 Å². The lowest BCUT2D eigenvalue weighted by Crippen LogP contribution is -2.18. The van der Waals surface area contributed by atoms with Gasteiger partial charge in [-0.15, -0.1) is 0 Å². The zero-order chi connectivity index (χ0) is 34.6. The topological polar surface area (TPSA) is 81.2 Å². The molecule has 2 heterocycles. The van der Waals surface area contributed by atoms with E-state index in [0.717, 1.165) is 82.7 Å². The highest BCUT2D eigenvalue weighted by molar-refractivity contribution is 6.11. The number of hydrogen-bond acceptors (Lipinski definition) is 3. The minimum atomic E-state index is -0.0849. The minimum Gasteiger partial charge on any atom is -0.314 e. The number of allylic oxidation sites excluding steroid dienone is 8. The summed E-state index contributed by atoms with van der Waals surface area (Å²) in [6.07, 6.45) is 19.9. The van der Waals surface area contributed by atoms with Crippen LogP contribution < -0.4 is 0 Å². The molecule has 4 aliphatic rings. The highest BCUT2D eigenvalue weighted by atomic mass is 15.0. The Morgan fingerprint density at radius 2 is 1.45 bits per heavy atom. The second-order valence-corrected chi connectivity index (χ2v) is 14.4. The fourth-order valence-corrected chi connectivity index (χ4v) is 9.28. The number of rotatable bonds is 4. The van der Waals surface area contributed by atoms with Gasteiger partial charge < -0.3 is 9.13 Å². The van der Waals surface area contributed by atoms with Gasteiger partial charge in [0.15, 0.2) is 0 Å². The van der Waals surface area contributed by atoms with Crippen LogP contribution in [0.2, 0.25) is 0 Å². The first-order valence-corrected chi connectivity index (χ1v) is 18.1. The number of fused-ring (bicyclic) bond motifs is 6. The molecule has 3 atom stereocenters. The van der Waals surface area contributed by atoms with E-state index in [1.807, 2.05) is 24.3 Å². The Morgan fingerprint density at radius 1 is 0.725 bits per heavy atom. The summed E-state index contributed by atoms with van der Waals surface area (Å²) in [5, 5.41) is 32.3. The molecule has 0 fully saturated rings. The van der Waals surface area contributed by atoms with Crippen molar-refractivity contribution in [3.8, 4) is 18.2 Å². The molecule has 5 heteroatoms. The summed E-state index contributed by atoms with van der Waals surface area (Å²) in [5.41, 5.74) is 15.1. The predicted molar refractivity (Wildman–Crippen MR) is 206 cm³/mol. The van der Waals surface area contributed by atoms with E-state index in [1.54, 1.807) is 0 Å². The third-order valence-corrected chi connectivity index (χ3v) is 11.6. The fraction of sp³-hybridized carbons (Fsp3) is 0.239. The van der Waals surface area contributed by atoms with Gasteiger partial charge in [0, 0.05) is 51.5 Å². The predicted octanol–water partition coefficient (Wildman–Crippen LogP) is 10.8. The summed E-state index contributed by atoms with van der Waals surface area (Å²) in [6.45, 7) is 2.24. The van der Waals surface area contributed by atoms with Crippen LogP contribution >= 0.6 is 0 Å². The van der Waals surface area contributed by atoms with E-state index in [-0.39, 0.29) is 17.8 Å². The molecule has 0 aliphatic heterocycles. The molecular weight excluding hydrogens is 623 g/mol. The Balaban J connectivity index is 1.14. The standard InChI is InChI=1S/C46H37N5/c1-29-22-31(27-48)24-45(51-43-13-7-4-10-38(43)40-23-30(26-47)14-21-44(40)51)46(29)33-17-15-32(16-18-33)39-25-35(20-19-34(39)28-49)50-41-11-5-2-8-36(41)37-9-3-6-12-42(37)50/h4-7,10-21,23,29,31,39H,2-3,8-9,22,24-25H2,1H3/t29-,31+,39?/m1/s1. The first-order valence-electron chi connectivity index (χ1n) is 18.1. The molecule has 2 aromatic heterocycles. The Kier molecular flexibility index (Phi) is 7.49. The van der Waals surface area contributed by atoms with Crippen molar-refractivity contribution in [2.45, 2.75) is 57.8 Å². The molecule has 0 radical (unpaired) electrons. The van der Waals surface area contributed by atoms with Gasteiger partial charge in [-0.1, -0.05) is 61.5 Å². The lowest BCUT2D eigenvalue weighted by atomic mass is 9.77. The number of nitriles is 3. The number of hydrogen-bond donors (Lipinski definition) is 0. The van der Waals surface area contributed by atoms with E-state index in [4.69, 9.17) is 0 Å². The van der Waals surface area contributed by atoms with Gasteiger partial charge >= 0.3 is 0 Å². The van der Waals surface area contributed by atoms with Crippen LogP contribution in [-0.4, -0.2) is 9.13 Å². The third-order valence-electron chi connectivity index (χ3n) is 11.6. The molecule has 246 valence electrons. The second kappa shape index (κ2) is 12.4. The van der Waals surface area contributed by atoms with Crippen LogP contribution in [-0.2, 0) is 12.8 Å². The molecule has 0 bridgehead atoms. The molecule has 0 saturated heterocycles. The lowest BCUT2D eigenvalue weighted by molar-refractivity contribution is 0.511. The van der Waals surface area contributed by atoms with Gasteiger partial charge in [-0.25, -0.2) is 0 Å². The Hall–Kier alpha value is -6.09. The summed E-state index contributed by atoms with van der Waals surface area (Å²) in [5.74, 6) is 0.0489. The second-order valence-electron chi connectivity index (χ2n) is 14.4.